The SMILES string of the molecule is O=C(c1ccc(OCC2CO2)cc1)c1cccc(C(=O)c2ccc(OCC3CO3)cc2)c1. The molecule has 2 heterocycles. The lowest BCUT2D eigenvalue weighted by Crippen LogP contribution is -2.07. The summed E-state index contributed by atoms with van der Waals surface area (Å²) in [6, 6.07) is 20.8. The van der Waals surface area contributed by atoms with E-state index in [1.807, 2.05) is 0 Å². The van der Waals surface area contributed by atoms with Crippen molar-refractivity contribution < 1.29 is 28.5 Å². The minimum Gasteiger partial charge on any atom is -0.491 e. The van der Waals surface area contributed by atoms with E-state index in [0.717, 1.165) is 13.2 Å². The zero-order chi connectivity index (χ0) is 21.9. The van der Waals surface area contributed by atoms with Crippen LogP contribution in [0.3, 0.4) is 0 Å². The highest BCUT2D eigenvalue weighted by Crippen LogP contribution is 2.21. The fourth-order valence-electron chi connectivity index (χ4n) is 3.25. The van der Waals surface area contributed by atoms with Gasteiger partial charge < -0.3 is 18.9 Å². The van der Waals surface area contributed by atoms with Crippen LogP contribution in [0, 0.1) is 0 Å². The number of rotatable bonds is 10. The zero-order valence-electron chi connectivity index (χ0n) is 17.4. The first-order chi connectivity index (χ1) is 15.7. The number of ether oxygens (including phenoxy) is 4. The molecule has 2 atom stereocenters. The minimum atomic E-state index is -0.150. The molecule has 162 valence electrons. The molecule has 5 rings (SSSR count). The standard InChI is InChI=1S/C26H22O6/c27-25(17-4-8-21(9-5-17)29-13-23-15-31-23)19-2-1-3-20(12-19)26(28)18-6-10-22(11-7-18)30-14-24-16-32-24/h1-12,23-24H,13-16H2. The lowest BCUT2D eigenvalue weighted by molar-refractivity contribution is 0.103. The van der Waals surface area contributed by atoms with Crippen molar-refractivity contribution in [3.8, 4) is 11.5 Å². The molecule has 0 N–H and O–H groups in total. The fourth-order valence-corrected chi connectivity index (χ4v) is 3.25. The number of carbonyl (C=O) groups excluding carboxylic acids is 2. The molecule has 0 amide bonds. The molecule has 0 radical (unpaired) electrons. The maximum Gasteiger partial charge on any atom is 0.193 e. The van der Waals surface area contributed by atoms with E-state index in [1.54, 1.807) is 72.8 Å². The molecule has 2 aliphatic heterocycles. The smallest absolute Gasteiger partial charge is 0.193 e. The van der Waals surface area contributed by atoms with Crippen molar-refractivity contribution in [2.75, 3.05) is 26.4 Å². The average molecular weight is 430 g/mol. The maximum atomic E-state index is 12.9. The average Bonchev–Trinajstić information content (AvgIpc) is 3.77. The Bertz CT molecular complexity index is 1030. The van der Waals surface area contributed by atoms with Gasteiger partial charge in [-0.05, 0) is 54.6 Å². The highest BCUT2D eigenvalue weighted by Gasteiger charge is 2.24. The second-order valence-corrected chi connectivity index (χ2v) is 7.82. The Morgan fingerprint density at radius 2 is 1.06 bits per heavy atom. The Kier molecular flexibility index (Phi) is 5.71. The van der Waals surface area contributed by atoms with Gasteiger partial charge in [0.05, 0.1) is 13.2 Å². The lowest BCUT2D eigenvalue weighted by Gasteiger charge is -2.08. The van der Waals surface area contributed by atoms with Gasteiger partial charge in [-0.25, -0.2) is 0 Å². The van der Waals surface area contributed by atoms with Gasteiger partial charge in [0.1, 0.15) is 36.9 Å². The quantitative estimate of drug-likeness (QED) is 0.361. The van der Waals surface area contributed by atoms with Gasteiger partial charge in [-0.2, -0.15) is 0 Å². The molecule has 0 aromatic heterocycles. The number of benzene rings is 3. The summed E-state index contributed by atoms with van der Waals surface area (Å²) in [4.78, 5) is 25.8. The summed E-state index contributed by atoms with van der Waals surface area (Å²) < 4.78 is 21.5. The van der Waals surface area contributed by atoms with Gasteiger partial charge in [-0.3, -0.25) is 9.59 Å². The Balaban J connectivity index is 1.25. The molecule has 0 aliphatic carbocycles. The van der Waals surface area contributed by atoms with E-state index in [9.17, 15) is 9.59 Å². The first-order valence-corrected chi connectivity index (χ1v) is 10.5. The normalized spacial score (nSPS) is 18.6. The molecule has 2 fully saturated rings. The van der Waals surface area contributed by atoms with Gasteiger partial charge >= 0.3 is 0 Å². The lowest BCUT2D eigenvalue weighted by atomic mass is 9.97. The van der Waals surface area contributed by atoms with Crippen molar-refractivity contribution in [3.05, 3.63) is 95.1 Å². The first-order valence-electron chi connectivity index (χ1n) is 10.5. The molecule has 3 aromatic carbocycles. The van der Waals surface area contributed by atoms with E-state index in [-0.39, 0.29) is 23.8 Å². The van der Waals surface area contributed by atoms with Crippen LogP contribution in [0.5, 0.6) is 11.5 Å². The summed E-state index contributed by atoms with van der Waals surface area (Å²) in [6.45, 7) is 2.50. The third-order valence-corrected chi connectivity index (χ3v) is 5.30. The second kappa shape index (κ2) is 8.94. The highest BCUT2D eigenvalue weighted by molar-refractivity contribution is 6.13. The van der Waals surface area contributed by atoms with Gasteiger partial charge in [0.2, 0.25) is 0 Å². The van der Waals surface area contributed by atoms with Crippen LogP contribution >= 0.6 is 0 Å². The Hall–Kier alpha value is -3.48. The molecule has 0 spiro atoms. The summed E-state index contributed by atoms with van der Waals surface area (Å²) >= 11 is 0. The molecule has 2 saturated heterocycles. The molecular formula is C26H22O6. The number of ketones is 2. The predicted molar refractivity (Wildman–Crippen MR) is 117 cm³/mol. The van der Waals surface area contributed by atoms with Crippen LogP contribution in [0.1, 0.15) is 31.8 Å². The van der Waals surface area contributed by atoms with Gasteiger partial charge in [0.15, 0.2) is 11.6 Å². The molecule has 2 unspecified atom stereocenters. The Morgan fingerprint density at radius 1 is 0.656 bits per heavy atom. The first kappa shape index (κ1) is 20.4. The van der Waals surface area contributed by atoms with Gasteiger partial charge in [-0.15, -0.1) is 0 Å². The number of epoxide rings is 2. The fraction of sp³-hybridized carbons (Fsp3) is 0.231. The van der Waals surface area contributed by atoms with E-state index in [2.05, 4.69) is 0 Å². The summed E-state index contributed by atoms with van der Waals surface area (Å²) in [5, 5.41) is 0. The van der Waals surface area contributed by atoms with Crippen molar-refractivity contribution >= 4 is 11.6 Å². The van der Waals surface area contributed by atoms with E-state index < -0.39 is 0 Å². The zero-order valence-corrected chi connectivity index (χ0v) is 17.4. The third kappa shape index (κ3) is 5.04. The van der Waals surface area contributed by atoms with Crippen LogP contribution in [0.15, 0.2) is 72.8 Å². The molecule has 32 heavy (non-hydrogen) atoms. The van der Waals surface area contributed by atoms with Crippen molar-refractivity contribution in [2.45, 2.75) is 12.2 Å². The number of carbonyl (C=O) groups is 2. The monoisotopic (exact) mass is 430 g/mol. The largest absolute Gasteiger partial charge is 0.491 e. The van der Waals surface area contributed by atoms with Crippen molar-refractivity contribution in [3.63, 3.8) is 0 Å². The second-order valence-electron chi connectivity index (χ2n) is 7.82. The van der Waals surface area contributed by atoms with Gasteiger partial charge in [0, 0.05) is 22.3 Å². The van der Waals surface area contributed by atoms with Gasteiger partial charge in [0.25, 0.3) is 0 Å². The molecule has 6 heteroatoms. The van der Waals surface area contributed by atoms with Crippen LogP contribution in [0.4, 0.5) is 0 Å². The van der Waals surface area contributed by atoms with Crippen LogP contribution in [-0.2, 0) is 9.47 Å². The number of hydrogen-bond acceptors (Lipinski definition) is 6. The molecule has 6 nitrogen and oxygen atoms in total. The summed E-state index contributed by atoms with van der Waals surface area (Å²) in [6.07, 6.45) is 0.357. The van der Waals surface area contributed by atoms with Crippen LogP contribution in [0.25, 0.3) is 0 Å². The molecule has 2 aliphatic rings. The van der Waals surface area contributed by atoms with E-state index in [4.69, 9.17) is 18.9 Å². The van der Waals surface area contributed by atoms with Crippen molar-refractivity contribution in [1.29, 1.82) is 0 Å². The van der Waals surface area contributed by atoms with Crippen molar-refractivity contribution in [2.24, 2.45) is 0 Å². The number of hydrogen-bond donors (Lipinski definition) is 0. The minimum absolute atomic E-state index is 0.150. The predicted octanol–water partition coefficient (Wildman–Crippen LogP) is 3.70. The molecule has 0 saturated carbocycles. The summed E-state index contributed by atoms with van der Waals surface area (Å²) in [5.74, 6) is 1.08. The van der Waals surface area contributed by atoms with E-state index in [0.29, 0.717) is 47.0 Å². The van der Waals surface area contributed by atoms with Crippen LogP contribution in [0.2, 0.25) is 0 Å². The molecular weight excluding hydrogens is 408 g/mol. The van der Waals surface area contributed by atoms with Crippen molar-refractivity contribution in [1.82, 2.24) is 0 Å². The topological polar surface area (TPSA) is 77.7 Å². The highest BCUT2D eigenvalue weighted by atomic mass is 16.6. The Morgan fingerprint density at radius 3 is 1.44 bits per heavy atom. The molecule has 0 bridgehead atoms. The molecule has 3 aromatic rings. The summed E-state index contributed by atoms with van der Waals surface area (Å²) in [7, 11) is 0. The van der Waals surface area contributed by atoms with E-state index >= 15 is 0 Å². The van der Waals surface area contributed by atoms with Crippen LogP contribution < -0.4 is 9.47 Å². The van der Waals surface area contributed by atoms with E-state index in [1.165, 1.54) is 0 Å². The summed E-state index contributed by atoms with van der Waals surface area (Å²) in [5.41, 5.74) is 1.98. The van der Waals surface area contributed by atoms with Crippen LogP contribution in [-0.4, -0.2) is 50.2 Å². The maximum absolute atomic E-state index is 12.9. The third-order valence-electron chi connectivity index (χ3n) is 5.30. The van der Waals surface area contributed by atoms with Gasteiger partial charge in [-0.1, -0.05) is 18.2 Å². The Labute approximate surface area is 185 Å².